The lowest BCUT2D eigenvalue weighted by atomic mass is 9.88. The van der Waals surface area contributed by atoms with Crippen LogP contribution < -0.4 is 0 Å². The Bertz CT molecular complexity index is 3710. The van der Waals surface area contributed by atoms with E-state index in [4.69, 9.17) is 66.3 Å². The summed E-state index contributed by atoms with van der Waals surface area (Å²) in [6.45, 7) is 3.27. The predicted octanol–water partition coefficient (Wildman–Crippen LogP) is 7.98. The maximum absolute atomic E-state index is 14.4. The third-order valence-electron chi connectivity index (χ3n) is 18.7. The van der Waals surface area contributed by atoms with Crippen molar-refractivity contribution in [2.75, 3.05) is 39.6 Å². The minimum absolute atomic E-state index is 0.0123. The molecule has 24 heteroatoms. The van der Waals surface area contributed by atoms with Crippen molar-refractivity contribution >= 4 is 24.0 Å². The van der Waals surface area contributed by atoms with E-state index in [1.807, 2.05) is 121 Å². The largest absolute Gasteiger partial charge is 0.453 e. The van der Waals surface area contributed by atoms with Crippen molar-refractivity contribution < 1.29 is 111 Å². The lowest BCUT2D eigenvalue weighted by molar-refractivity contribution is -0.383. The van der Waals surface area contributed by atoms with Crippen molar-refractivity contribution in [1.82, 2.24) is 4.90 Å². The zero-order valence-electron chi connectivity index (χ0n) is 57.4. The molecule has 548 valence electrons. The van der Waals surface area contributed by atoms with Crippen molar-refractivity contribution in [3.63, 3.8) is 0 Å². The van der Waals surface area contributed by atoms with E-state index in [2.05, 4.69) is 0 Å². The molecule has 0 radical (unpaired) electrons. The van der Waals surface area contributed by atoms with Gasteiger partial charge in [-0.3, -0.25) is 0 Å². The highest BCUT2D eigenvalue weighted by Gasteiger charge is 2.57. The second kappa shape index (κ2) is 37.4. The molecule has 4 saturated heterocycles. The number of rotatable bonds is 30. The Kier molecular flexibility index (Phi) is 27.5. The van der Waals surface area contributed by atoms with Crippen LogP contribution in [0.3, 0.4) is 0 Å². The molecular weight excluding hydrogens is 1330 g/mol. The number of ether oxygens (including phenoxy) is 14. The molecule has 4 aliphatic rings. The van der Waals surface area contributed by atoms with Gasteiger partial charge in [-0.05, 0) is 58.7 Å². The van der Waals surface area contributed by atoms with Gasteiger partial charge in [-0.15, -0.1) is 0 Å². The standard InChI is InChI=1S/C79H89NO23/c1-49-63(83)59(42-81)95-77(68(49)98-72(86)56-33-19-8-20-34-56)102-67-51(3)70(100-74(88)58-37-23-10-24-38-58)78(97-62(67)48-91-45-54-29-15-6-16-30-54)103-71-64(84)60(43-82)94-75(65(71)85)101-66-50(2)69(99-73(87)57-35-21-9-22-36-57)76(96-61(66)47-90-44-53-27-13-5-14-28-53)92-40-39-80(41-52-25-11-4-12-26-52)79(89)93-46-55-31-17-7-18-32-55/h4-38,49-51,59-71,75-78,81-85H,39-48H2,1-3H3. The first-order chi connectivity index (χ1) is 50.1. The van der Waals surface area contributed by atoms with Gasteiger partial charge in [0.2, 0.25) is 0 Å². The number of benzene rings is 7. The SMILES string of the molecule is CC1C(O)C(CO)OC(OC2C(COCc3ccccc3)OC(OC3C(O)C(CO)OC(OC4C(COCc5ccccc5)OC(OCCN(Cc5ccccc5)C(=O)OCc5ccccc5)C(OC(=O)c5ccccc5)C4C)C3O)C(OC(=O)c3ccccc3)C2C)C1OC(=O)c1ccccc1. The van der Waals surface area contributed by atoms with Crippen LogP contribution in [0, 0.1) is 17.8 Å². The average molecular weight is 1420 g/mol. The zero-order valence-corrected chi connectivity index (χ0v) is 57.4. The molecule has 103 heavy (non-hydrogen) atoms. The number of amides is 1. The minimum atomic E-state index is -1.97. The molecule has 4 fully saturated rings. The van der Waals surface area contributed by atoms with E-state index in [-0.39, 0.29) is 69.4 Å². The highest BCUT2D eigenvalue weighted by atomic mass is 16.8. The Hall–Kier alpha value is -8.38. The smallest absolute Gasteiger partial charge is 0.410 e. The third-order valence-corrected chi connectivity index (χ3v) is 18.7. The van der Waals surface area contributed by atoms with E-state index in [1.165, 1.54) is 17.0 Å². The molecule has 7 aromatic carbocycles. The summed E-state index contributed by atoms with van der Waals surface area (Å²) in [6.07, 6.45) is -25.5. The van der Waals surface area contributed by atoms with Gasteiger partial charge in [0, 0.05) is 30.8 Å². The fraction of sp³-hybridized carbons (Fsp3) is 0.418. The van der Waals surface area contributed by atoms with Crippen LogP contribution in [0.4, 0.5) is 4.79 Å². The maximum atomic E-state index is 14.4. The predicted molar refractivity (Wildman–Crippen MR) is 368 cm³/mol. The molecule has 4 aliphatic heterocycles. The highest BCUT2D eigenvalue weighted by molar-refractivity contribution is 5.90. The van der Waals surface area contributed by atoms with Crippen LogP contribution in [0.5, 0.6) is 0 Å². The number of hydrogen-bond acceptors (Lipinski definition) is 23. The second-order valence-corrected chi connectivity index (χ2v) is 25.9. The van der Waals surface area contributed by atoms with E-state index >= 15 is 0 Å². The molecule has 11 rings (SSSR count). The Morgan fingerprint density at radius 3 is 1.17 bits per heavy atom. The van der Waals surface area contributed by atoms with Gasteiger partial charge in [-0.2, -0.15) is 0 Å². The number of aliphatic hydroxyl groups is 5. The van der Waals surface area contributed by atoms with Gasteiger partial charge < -0.3 is 96.7 Å². The molecule has 7 aromatic rings. The van der Waals surface area contributed by atoms with Crippen LogP contribution in [-0.2, 0) is 92.7 Å². The minimum Gasteiger partial charge on any atom is -0.453 e. The summed E-state index contributed by atoms with van der Waals surface area (Å²) in [4.78, 5) is 58.0. The second-order valence-electron chi connectivity index (χ2n) is 25.9. The van der Waals surface area contributed by atoms with Gasteiger partial charge in [0.15, 0.2) is 43.5 Å². The summed E-state index contributed by atoms with van der Waals surface area (Å²) in [7, 11) is 0. The van der Waals surface area contributed by atoms with Gasteiger partial charge in [-0.1, -0.05) is 197 Å². The first-order valence-electron chi connectivity index (χ1n) is 34.6. The molecule has 0 aromatic heterocycles. The van der Waals surface area contributed by atoms with Crippen molar-refractivity contribution in [3.8, 4) is 0 Å². The monoisotopic (exact) mass is 1420 g/mol. The summed E-state index contributed by atoms with van der Waals surface area (Å²) in [5.74, 6) is -5.15. The molecule has 20 unspecified atom stereocenters. The fourth-order valence-corrected chi connectivity index (χ4v) is 12.9. The van der Waals surface area contributed by atoms with Crippen LogP contribution in [0.1, 0.15) is 74.1 Å². The number of carbonyl (C=O) groups is 4. The number of nitrogens with zero attached hydrogens (tertiary/aromatic N) is 1. The number of esters is 3. The molecule has 0 spiro atoms. The third kappa shape index (κ3) is 19.9. The van der Waals surface area contributed by atoms with Crippen LogP contribution in [-0.4, -0.2) is 199 Å². The average Bonchev–Trinajstić information content (AvgIpc) is 0.775. The summed E-state index contributed by atoms with van der Waals surface area (Å²) in [6, 6.07) is 61.8. The van der Waals surface area contributed by atoms with E-state index < -0.39 is 159 Å². The topological polar surface area (TPSA) is 302 Å². The Morgan fingerprint density at radius 2 is 0.728 bits per heavy atom. The highest BCUT2D eigenvalue weighted by Crippen LogP contribution is 2.41. The molecule has 4 heterocycles. The molecule has 0 aliphatic carbocycles. The van der Waals surface area contributed by atoms with Crippen LogP contribution in [0.2, 0.25) is 0 Å². The zero-order chi connectivity index (χ0) is 72.2. The Morgan fingerprint density at radius 1 is 0.379 bits per heavy atom. The van der Waals surface area contributed by atoms with E-state index in [0.717, 1.165) is 22.3 Å². The number of hydrogen-bond donors (Lipinski definition) is 5. The quantitative estimate of drug-likeness (QED) is 0.0210. The van der Waals surface area contributed by atoms with Crippen molar-refractivity contribution in [3.05, 3.63) is 251 Å². The van der Waals surface area contributed by atoms with Gasteiger partial charge >= 0.3 is 24.0 Å². The van der Waals surface area contributed by atoms with Crippen LogP contribution in [0.25, 0.3) is 0 Å². The number of aliphatic hydroxyl groups excluding tert-OH is 5. The summed E-state index contributed by atoms with van der Waals surface area (Å²) < 4.78 is 90.7. The molecular formula is C79H89NO23. The van der Waals surface area contributed by atoms with E-state index in [9.17, 15) is 44.7 Å². The fourth-order valence-electron chi connectivity index (χ4n) is 12.9. The first-order valence-corrected chi connectivity index (χ1v) is 34.6. The van der Waals surface area contributed by atoms with Crippen molar-refractivity contribution in [2.45, 2.75) is 152 Å². The summed E-state index contributed by atoms with van der Waals surface area (Å²) >= 11 is 0. The summed E-state index contributed by atoms with van der Waals surface area (Å²) in [5.41, 5.74) is 3.77. The van der Waals surface area contributed by atoms with Crippen LogP contribution in [0.15, 0.2) is 212 Å². The lowest BCUT2D eigenvalue weighted by Gasteiger charge is -2.50. The van der Waals surface area contributed by atoms with Crippen LogP contribution >= 0.6 is 0 Å². The first kappa shape index (κ1) is 75.8. The molecule has 0 saturated carbocycles. The number of carbonyl (C=O) groups excluding carboxylic acids is 4. The van der Waals surface area contributed by atoms with Crippen molar-refractivity contribution in [2.24, 2.45) is 17.8 Å². The van der Waals surface area contributed by atoms with Gasteiger partial charge in [-0.25, -0.2) is 19.2 Å². The van der Waals surface area contributed by atoms with Gasteiger partial charge in [0.05, 0.1) is 81.3 Å². The van der Waals surface area contributed by atoms with Gasteiger partial charge in [0.1, 0.15) is 49.3 Å². The summed E-state index contributed by atoms with van der Waals surface area (Å²) in [5, 5.41) is 58.2. The molecule has 20 atom stereocenters. The molecule has 5 N–H and O–H groups in total. The lowest BCUT2D eigenvalue weighted by Crippen LogP contribution is -2.66. The maximum Gasteiger partial charge on any atom is 0.410 e. The Labute approximate surface area is 597 Å². The molecule has 1 amide bonds. The molecule has 24 nitrogen and oxygen atoms in total. The molecule has 0 bridgehead atoms. The normalized spacial score (nSPS) is 29.2. The van der Waals surface area contributed by atoms with E-state index in [0.29, 0.717) is 0 Å². The van der Waals surface area contributed by atoms with E-state index in [1.54, 1.807) is 99.6 Å². The van der Waals surface area contributed by atoms with Gasteiger partial charge in [0.25, 0.3) is 0 Å². The Balaban J connectivity index is 0.894. The van der Waals surface area contributed by atoms with Crippen molar-refractivity contribution in [1.29, 1.82) is 0 Å².